The molecule has 0 aromatic carbocycles. The number of nitrogens with zero attached hydrogens (tertiary/aromatic N) is 1. The second-order valence-electron chi connectivity index (χ2n) is 6.37. The van der Waals surface area contributed by atoms with Crippen LogP contribution in [0.2, 0.25) is 0 Å². The number of hydrogen-bond acceptors (Lipinski definition) is 3. The van der Waals surface area contributed by atoms with Crippen molar-refractivity contribution < 1.29 is 4.74 Å². The molecule has 2 unspecified atom stereocenters. The van der Waals surface area contributed by atoms with Crippen LogP contribution in [0.4, 0.5) is 0 Å². The van der Waals surface area contributed by atoms with Gasteiger partial charge in [0.2, 0.25) is 0 Å². The first-order valence-electron chi connectivity index (χ1n) is 7.33. The molecule has 18 heavy (non-hydrogen) atoms. The van der Waals surface area contributed by atoms with E-state index in [1.807, 2.05) is 0 Å². The summed E-state index contributed by atoms with van der Waals surface area (Å²) in [7, 11) is 0. The molecule has 2 saturated carbocycles. The zero-order valence-electron chi connectivity index (χ0n) is 11.1. The minimum atomic E-state index is 0.422. The molecule has 0 bridgehead atoms. The lowest BCUT2D eigenvalue weighted by Gasteiger charge is -2.45. The predicted molar refractivity (Wildman–Crippen MR) is 76.6 cm³/mol. The topological polar surface area (TPSA) is 38.5 Å². The minimum Gasteiger partial charge on any atom is -0.393 e. The maximum Gasteiger partial charge on any atom is 0.0733 e. The first-order valence-corrected chi connectivity index (χ1v) is 7.73. The summed E-state index contributed by atoms with van der Waals surface area (Å²) in [5, 5.41) is 0. The van der Waals surface area contributed by atoms with Crippen molar-refractivity contribution in [2.45, 2.75) is 57.1 Å². The SMILES string of the molecule is NC(=S)CC1(CN2CCOC3CCCCC32)CC1. The summed E-state index contributed by atoms with van der Waals surface area (Å²) in [6, 6.07) is 0.663. The Bertz CT molecular complexity index is 328. The largest absolute Gasteiger partial charge is 0.393 e. The Morgan fingerprint density at radius 2 is 2.11 bits per heavy atom. The fourth-order valence-electron chi connectivity index (χ4n) is 3.74. The highest BCUT2D eigenvalue weighted by Crippen LogP contribution is 2.50. The number of hydrogen-bond donors (Lipinski definition) is 1. The van der Waals surface area contributed by atoms with Crippen molar-refractivity contribution in [3.63, 3.8) is 0 Å². The molecule has 0 radical (unpaired) electrons. The number of fused-ring (bicyclic) bond motifs is 1. The zero-order valence-corrected chi connectivity index (χ0v) is 11.9. The smallest absolute Gasteiger partial charge is 0.0733 e. The van der Waals surface area contributed by atoms with Crippen molar-refractivity contribution in [2.24, 2.45) is 11.1 Å². The normalized spacial score (nSPS) is 34.9. The molecule has 2 aliphatic carbocycles. The standard InChI is InChI=1S/C14H24N2OS/c15-13(18)9-14(5-6-14)10-16-7-8-17-12-4-2-1-3-11(12)16/h11-12H,1-10H2,(H2,15,18). The number of nitrogens with two attached hydrogens (primary N) is 1. The molecule has 1 aliphatic heterocycles. The Balaban J connectivity index is 1.62. The van der Waals surface area contributed by atoms with Crippen LogP contribution >= 0.6 is 12.2 Å². The number of thiocarbonyl (C=S) groups is 1. The fourth-order valence-corrected chi connectivity index (χ4v) is 4.05. The molecule has 0 spiro atoms. The van der Waals surface area contributed by atoms with E-state index >= 15 is 0 Å². The molecule has 1 saturated heterocycles. The summed E-state index contributed by atoms with van der Waals surface area (Å²) in [5.74, 6) is 0. The first kappa shape index (κ1) is 12.8. The van der Waals surface area contributed by atoms with Gasteiger partial charge in [0.25, 0.3) is 0 Å². The van der Waals surface area contributed by atoms with Gasteiger partial charge in [0.15, 0.2) is 0 Å². The first-order chi connectivity index (χ1) is 8.69. The lowest BCUT2D eigenvalue weighted by molar-refractivity contribution is -0.0930. The van der Waals surface area contributed by atoms with E-state index in [2.05, 4.69) is 4.90 Å². The molecule has 3 fully saturated rings. The van der Waals surface area contributed by atoms with E-state index in [0.717, 1.165) is 19.6 Å². The van der Waals surface area contributed by atoms with E-state index in [4.69, 9.17) is 22.7 Å². The molecule has 3 rings (SSSR count). The summed E-state index contributed by atoms with van der Waals surface area (Å²) in [4.78, 5) is 3.37. The maximum absolute atomic E-state index is 5.94. The third-order valence-electron chi connectivity index (χ3n) is 4.89. The number of rotatable bonds is 4. The maximum atomic E-state index is 5.94. The lowest BCUT2D eigenvalue weighted by atomic mass is 9.89. The highest BCUT2D eigenvalue weighted by Gasteiger charge is 2.46. The molecular formula is C14H24N2OS. The average molecular weight is 268 g/mol. The van der Waals surface area contributed by atoms with Crippen LogP contribution in [0.15, 0.2) is 0 Å². The Morgan fingerprint density at radius 3 is 2.83 bits per heavy atom. The third-order valence-corrected chi connectivity index (χ3v) is 5.04. The van der Waals surface area contributed by atoms with Crippen molar-refractivity contribution in [1.82, 2.24) is 4.90 Å². The summed E-state index contributed by atoms with van der Waals surface area (Å²) in [6.07, 6.45) is 9.32. The quantitative estimate of drug-likeness (QED) is 0.792. The summed E-state index contributed by atoms with van der Waals surface area (Å²) in [5.41, 5.74) is 6.17. The van der Waals surface area contributed by atoms with Crippen molar-refractivity contribution >= 4 is 17.2 Å². The summed E-state index contributed by atoms with van der Waals surface area (Å²) >= 11 is 5.10. The second-order valence-corrected chi connectivity index (χ2v) is 6.90. The molecule has 2 N–H and O–H groups in total. The van der Waals surface area contributed by atoms with Crippen LogP contribution in [0.5, 0.6) is 0 Å². The monoisotopic (exact) mass is 268 g/mol. The van der Waals surface area contributed by atoms with Crippen molar-refractivity contribution in [1.29, 1.82) is 0 Å². The highest BCUT2D eigenvalue weighted by molar-refractivity contribution is 7.80. The minimum absolute atomic E-state index is 0.422. The van der Waals surface area contributed by atoms with Gasteiger partial charge in [-0.1, -0.05) is 25.1 Å². The fraction of sp³-hybridized carbons (Fsp3) is 0.929. The molecule has 3 aliphatic rings. The molecule has 0 aromatic rings. The van der Waals surface area contributed by atoms with Crippen LogP contribution in [0.25, 0.3) is 0 Å². The molecule has 4 heteroatoms. The van der Waals surface area contributed by atoms with Gasteiger partial charge in [-0.15, -0.1) is 0 Å². The van der Waals surface area contributed by atoms with E-state index < -0.39 is 0 Å². The van der Waals surface area contributed by atoms with E-state index in [1.165, 1.54) is 45.1 Å². The number of ether oxygens (including phenoxy) is 1. The molecule has 2 atom stereocenters. The Labute approximate surface area is 115 Å². The second kappa shape index (κ2) is 5.06. The van der Waals surface area contributed by atoms with Gasteiger partial charge in [0.05, 0.1) is 17.7 Å². The predicted octanol–water partition coefficient (Wildman–Crippen LogP) is 2.09. The molecule has 0 aromatic heterocycles. The van der Waals surface area contributed by atoms with Gasteiger partial charge >= 0.3 is 0 Å². The van der Waals surface area contributed by atoms with Gasteiger partial charge in [0.1, 0.15) is 0 Å². The molecule has 102 valence electrons. The van der Waals surface area contributed by atoms with Crippen LogP contribution in [-0.2, 0) is 4.74 Å². The molecule has 1 heterocycles. The molecule has 0 amide bonds. The highest BCUT2D eigenvalue weighted by atomic mass is 32.1. The van der Waals surface area contributed by atoms with Crippen LogP contribution in [0, 0.1) is 5.41 Å². The van der Waals surface area contributed by atoms with Gasteiger partial charge in [-0.25, -0.2) is 0 Å². The summed E-state index contributed by atoms with van der Waals surface area (Å²) in [6.45, 7) is 3.19. The third kappa shape index (κ3) is 2.70. The van der Waals surface area contributed by atoms with Gasteiger partial charge < -0.3 is 10.5 Å². The van der Waals surface area contributed by atoms with Crippen LogP contribution < -0.4 is 5.73 Å². The van der Waals surface area contributed by atoms with Crippen molar-refractivity contribution in [3.8, 4) is 0 Å². The summed E-state index contributed by atoms with van der Waals surface area (Å²) < 4.78 is 5.94. The Kier molecular flexibility index (Phi) is 3.61. The van der Waals surface area contributed by atoms with Crippen molar-refractivity contribution in [2.75, 3.05) is 19.7 Å². The Hall–Kier alpha value is -0.190. The number of morpholine rings is 1. The van der Waals surface area contributed by atoms with Crippen molar-refractivity contribution in [3.05, 3.63) is 0 Å². The van der Waals surface area contributed by atoms with Crippen LogP contribution in [0.1, 0.15) is 44.9 Å². The molecule has 3 nitrogen and oxygen atoms in total. The Morgan fingerprint density at radius 1 is 1.33 bits per heavy atom. The van der Waals surface area contributed by atoms with Gasteiger partial charge in [-0.3, -0.25) is 4.90 Å². The average Bonchev–Trinajstić information content (AvgIpc) is 3.08. The zero-order chi connectivity index (χ0) is 12.6. The molecular weight excluding hydrogens is 244 g/mol. The van der Waals surface area contributed by atoms with E-state index in [0.29, 0.717) is 22.5 Å². The van der Waals surface area contributed by atoms with Crippen LogP contribution in [-0.4, -0.2) is 41.7 Å². The van der Waals surface area contributed by atoms with Crippen LogP contribution in [0.3, 0.4) is 0 Å². The lowest BCUT2D eigenvalue weighted by Crippen LogP contribution is -2.54. The van der Waals surface area contributed by atoms with E-state index in [1.54, 1.807) is 0 Å². The van der Waals surface area contributed by atoms with Gasteiger partial charge in [-0.05, 0) is 31.1 Å². The van der Waals surface area contributed by atoms with E-state index in [9.17, 15) is 0 Å². The van der Waals surface area contributed by atoms with E-state index in [-0.39, 0.29) is 0 Å². The van der Waals surface area contributed by atoms with Gasteiger partial charge in [-0.2, -0.15) is 0 Å². The van der Waals surface area contributed by atoms with Gasteiger partial charge in [0, 0.05) is 25.6 Å².